The molecule has 1 N–H and O–H groups in total. The number of carboxylic acid groups (broad SMARTS) is 1. The summed E-state index contributed by atoms with van der Waals surface area (Å²) in [6, 6.07) is 7.07. The normalized spacial score (nSPS) is 20.5. The molecule has 2 aliphatic rings. The lowest BCUT2D eigenvalue weighted by Crippen LogP contribution is -2.55. The van der Waals surface area contributed by atoms with Crippen molar-refractivity contribution in [2.24, 2.45) is 0 Å². The summed E-state index contributed by atoms with van der Waals surface area (Å²) in [5.41, 5.74) is 0.840. The maximum absolute atomic E-state index is 13.2. The number of amides is 2. The third kappa shape index (κ3) is 5.18. The Hall–Kier alpha value is -3.47. The second-order valence-electron chi connectivity index (χ2n) is 7.13. The topological polar surface area (TPSA) is 135 Å². The number of carbonyl (C=O) groups excluding carboxylic acids is 2. The molecule has 2 heterocycles. The summed E-state index contributed by atoms with van der Waals surface area (Å²) in [6.45, 7) is -0.155. The van der Waals surface area contributed by atoms with E-state index in [1.165, 1.54) is 11.3 Å². The molecule has 0 unspecified atom stereocenters. The monoisotopic (exact) mass is 432 g/mol. The van der Waals surface area contributed by atoms with E-state index in [0.29, 0.717) is 11.6 Å². The van der Waals surface area contributed by atoms with Crippen LogP contribution in [0.5, 0.6) is 5.75 Å². The molecule has 2 amide bonds. The molecule has 0 spiro atoms. The van der Waals surface area contributed by atoms with Crippen molar-refractivity contribution < 1.29 is 33.5 Å². The molecule has 2 fully saturated rings. The second kappa shape index (κ2) is 10.0. The standard InChI is InChI=1S/C19H22N4O5.CH2O2/c1-22(9-15-20-11-28-21-15)19(25)18-17(12-3-7-14(26-2)8-4-12)23(13-5-6-13)16(24)10-27-18;2-1-3/h3-4,7-8,11,13,17-18H,5-6,9-10H2,1-2H3;1H,(H,2,3)/t17-,18+;/m1./s1. The quantitative estimate of drug-likeness (QED) is 0.660. The van der Waals surface area contributed by atoms with E-state index in [1.807, 2.05) is 29.2 Å². The van der Waals surface area contributed by atoms with Crippen LogP contribution >= 0.6 is 0 Å². The van der Waals surface area contributed by atoms with Crippen LogP contribution in [0.15, 0.2) is 35.2 Å². The average Bonchev–Trinajstić information content (AvgIpc) is 3.49. The first kappa shape index (κ1) is 22.2. The fourth-order valence-electron chi connectivity index (χ4n) is 3.52. The molecular weight excluding hydrogens is 408 g/mol. The van der Waals surface area contributed by atoms with Gasteiger partial charge in [-0.15, -0.1) is 0 Å². The van der Waals surface area contributed by atoms with Crippen molar-refractivity contribution in [3.8, 4) is 5.75 Å². The Balaban J connectivity index is 0.000000858. The summed E-state index contributed by atoms with van der Waals surface area (Å²) < 4.78 is 15.7. The third-order valence-electron chi connectivity index (χ3n) is 5.06. The Kier molecular flexibility index (Phi) is 7.19. The van der Waals surface area contributed by atoms with Crippen LogP contribution in [-0.2, 0) is 25.7 Å². The molecule has 1 aliphatic carbocycles. The predicted molar refractivity (Wildman–Crippen MR) is 105 cm³/mol. The molecular formula is C20H24N4O7. The molecule has 1 aromatic carbocycles. The number of nitrogens with zero attached hydrogens (tertiary/aromatic N) is 4. The number of methoxy groups -OCH3 is 1. The smallest absolute Gasteiger partial charge is 0.290 e. The molecule has 2 aromatic rings. The molecule has 11 heteroatoms. The molecule has 1 aromatic heterocycles. The van der Waals surface area contributed by atoms with Crippen molar-refractivity contribution in [2.45, 2.75) is 37.6 Å². The highest BCUT2D eigenvalue weighted by Gasteiger charge is 2.48. The number of hydrogen-bond acceptors (Lipinski definition) is 8. The number of aromatic nitrogens is 2. The van der Waals surface area contributed by atoms with Crippen LogP contribution in [0.1, 0.15) is 30.3 Å². The predicted octanol–water partition coefficient (Wildman–Crippen LogP) is 0.868. The summed E-state index contributed by atoms with van der Waals surface area (Å²) >= 11 is 0. The van der Waals surface area contributed by atoms with Crippen LogP contribution in [-0.4, -0.2) is 76.2 Å². The first-order valence-corrected chi connectivity index (χ1v) is 9.65. The van der Waals surface area contributed by atoms with Gasteiger partial charge in [-0.1, -0.05) is 17.3 Å². The number of likely N-dealkylation sites (N-methyl/N-ethyl adjacent to an activating group) is 1. The van der Waals surface area contributed by atoms with Crippen LogP contribution in [0.4, 0.5) is 0 Å². The molecule has 1 saturated heterocycles. The maximum Gasteiger partial charge on any atom is 0.290 e. The average molecular weight is 432 g/mol. The largest absolute Gasteiger partial charge is 0.497 e. The minimum absolute atomic E-state index is 0.0896. The summed E-state index contributed by atoms with van der Waals surface area (Å²) in [5.74, 6) is 0.793. The molecule has 2 atom stereocenters. The maximum atomic E-state index is 13.2. The Morgan fingerprint density at radius 1 is 1.35 bits per heavy atom. The first-order valence-electron chi connectivity index (χ1n) is 9.65. The van der Waals surface area contributed by atoms with Gasteiger partial charge in [0.1, 0.15) is 12.4 Å². The van der Waals surface area contributed by atoms with Crippen LogP contribution in [0.3, 0.4) is 0 Å². The van der Waals surface area contributed by atoms with Gasteiger partial charge in [0, 0.05) is 13.1 Å². The van der Waals surface area contributed by atoms with Crippen LogP contribution in [0.25, 0.3) is 0 Å². The highest BCUT2D eigenvalue weighted by atomic mass is 16.5. The Morgan fingerprint density at radius 3 is 2.58 bits per heavy atom. The Labute approximate surface area is 178 Å². The zero-order valence-electron chi connectivity index (χ0n) is 17.2. The molecule has 4 rings (SSSR count). The van der Waals surface area contributed by atoms with E-state index in [1.54, 1.807) is 14.2 Å². The van der Waals surface area contributed by atoms with Gasteiger partial charge in [-0.3, -0.25) is 14.4 Å². The lowest BCUT2D eigenvalue weighted by molar-refractivity contribution is -0.170. The van der Waals surface area contributed by atoms with Crippen LogP contribution in [0, 0.1) is 0 Å². The van der Waals surface area contributed by atoms with Gasteiger partial charge in [-0.25, -0.2) is 0 Å². The number of hydrogen-bond donors (Lipinski definition) is 1. The van der Waals surface area contributed by atoms with E-state index in [-0.39, 0.29) is 37.5 Å². The van der Waals surface area contributed by atoms with Gasteiger partial charge in [0.2, 0.25) is 12.3 Å². The van der Waals surface area contributed by atoms with E-state index >= 15 is 0 Å². The lowest BCUT2D eigenvalue weighted by Gasteiger charge is -2.41. The summed E-state index contributed by atoms with van der Waals surface area (Å²) in [4.78, 5) is 41.4. The number of ether oxygens (including phenoxy) is 2. The third-order valence-corrected chi connectivity index (χ3v) is 5.06. The Bertz CT molecular complexity index is 883. The van der Waals surface area contributed by atoms with Gasteiger partial charge in [-0.2, -0.15) is 4.98 Å². The van der Waals surface area contributed by atoms with Crippen LogP contribution in [0.2, 0.25) is 0 Å². The zero-order valence-corrected chi connectivity index (χ0v) is 17.2. The van der Waals surface area contributed by atoms with Gasteiger partial charge in [0.25, 0.3) is 12.4 Å². The molecule has 31 heavy (non-hydrogen) atoms. The van der Waals surface area contributed by atoms with Crippen molar-refractivity contribution in [2.75, 3.05) is 20.8 Å². The summed E-state index contributed by atoms with van der Waals surface area (Å²) in [6.07, 6.45) is 2.30. The van der Waals surface area contributed by atoms with E-state index in [4.69, 9.17) is 23.9 Å². The SMILES string of the molecule is COc1ccc([C@@H]2[C@@H](C(=O)N(C)Cc3ncon3)OCC(=O)N2C2CC2)cc1.O=CO. The molecule has 1 aliphatic heterocycles. The van der Waals surface area contributed by atoms with Crippen molar-refractivity contribution in [3.63, 3.8) is 0 Å². The Morgan fingerprint density at radius 2 is 2.03 bits per heavy atom. The van der Waals surface area contributed by atoms with E-state index < -0.39 is 12.1 Å². The molecule has 0 radical (unpaired) electrons. The van der Waals surface area contributed by atoms with E-state index in [9.17, 15) is 9.59 Å². The van der Waals surface area contributed by atoms with Gasteiger partial charge in [0.05, 0.1) is 19.7 Å². The van der Waals surface area contributed by atoms with Gasteiger partial charge >= 0.3 is 0 Å². The lowest BCUT2D eigenvalue weighted by atomic mass is 9.96. The van der Waals surface area contributed by atoms with Crippen molar-refractivity contribution in [1.82, 2.24) is 19.9 Å². The van der Waals surface area contributed by atoms with Gasteiger partial charge in [-0.05, 0) is 30.5 Å². The molecule has 166 valence electrons. The minimum atomic E-state index is -0.802. The highest BCUT2D eigenvalue weighted by molar-refractivity contribution is 5.86. The minimum Gasteiger partial charge on any atom is -0.497 e. The fraction of sp³-hybridized carbons (Fsp3) is 0.450. The summed E-state index contributed by atoms with van der Waals surface area (Å²) in [7, 11) is 3.25. The van der Waals surface area contributed by atoms with Crippen molar-refractivity contribution >= 4 is 18.3 Å². The first-order chi connectivity index (χ1) is 15.0. The summed E-state index contributed by atoms with van der Waals surface area (Å²) in [5, 5.41) is 10.6. The number of carbonyl (C=O) groups is 3. The van der Waals surface area contributed by atoms with Crippen molar-refractivity contribution in [3.05, 3.63) is 42.0 Å². The molecule has 11 nitrogen and oxygen atoms in total. The van der Waals surface area contributed by atoms with Crippen molar-refractivity contribution in [1.29, 1.82) is 0 Å². The number of rotatable bonds is 6. The molecule has 0 bridgehead atoms. The van der Waals surface area contributed by atoms with Gasteiger partial charge < -0.3 is 28.9 Å². The van der Waals surface area contributed by atoms with Crippen LogP contribution < -0.4 is 4.74 Å². The van der Waals surface area contributed by atoms with Gasteiger partial charge in [0.15, 0.2) is 11.9 Å². The molecule has 1 saturated carbocycles. The number of benzene rings is 1. The zero-order chi connectivity index (χ0) is 22.4. The van der Waals surface area contributed by atoms with E-state index in [2.05, 4.69) is 10.1 Å². The van der Waals surface area contributed by atoms with E-state index in [0.717, 1.165) is 18.4 Å². The number of morpholine rings is 1. The fourth-order valence-corrected chi connectivity index (χ4v) is 3.52. The second-order valence-corrected chi connectivity index (χ2v) is 7.13. The highest BCUT2D eigenvalue weighted by Crippen LogP contribution is 2.40.